The molecular formula is C22H22F3N5O2. The second-order valence-electron chi connectivity index (χ2n) is 8.19. The number of aromatic nitrogens is 3. The van der Waals surface area contributed by atoms with Crippen molar-refractivity contribution in [3.63, 3.8) is 0 Å². The van der Waals surface area contributed by atoms with Gasteiger partial charge in [0.25, 0.3) is 11.8 Å². The third-order valence-corrected chi connectivity index (χ3v) is 5.44. The fourth-order valence-electron chi connectivity index (χ4n) is 3.61. The molecule has 0 bridgehead atoms. The van der Waals surface area contributed by atoms with Crippen LogP contribution in [0.5, 0.6) is 0 Å². The lowest BCUT2D eigenvalue weighted by molar-refractivity contribution is -0.158. The lowest BCUT2D eigenvalue weighted by atomic mass is 10.1. The van der Waals surface area contributed by atoms with Gasteiger partial charge < -0.3 is 10.2 Å². The van der Waals surface area contributed by atoms with Crippen molar-refractivity contribution in [3.8, 4) is 11.3 Å². The van der Waals surface area contributed by atoms with Crippen molar-refractivity contribution in [3.05, 3.63) is 53.3 Å². The molecule has 3 aromatic rings. The predicted molar refractivity (Wildman–Crippen MR) is 111 cm³/mol. The van der Waals surface area contributed by atoms with E-state index in [9.17, 15) is 22.8 Å². The van der Waals surface area contributed by atoms with E-state index in [1.165, 1.54) is 15.6 Å². The quantitative estimate of drug-likeness (QED) is 0.652. The summed E-state index contributed by atoms with van der Waals surface area (Å²) in [6.45, 7) is 1.75. The molecule has 2 heterocycles. The minimum absolute atomic E-state index is 0.0367. The number of aryl methyl sites for hydroxylation is 1. The first kappa shape index (κ1) is 21.8. The van der Waals surface area contributed by atoms with Crippen LogP contribution in [0.15, 0.2) is 36.5 Å². The van der Waals surface area contributed by atoms with Crippen LogP contribution < -0.4 is 5.32 Å². The Bertz CT molecular complexity index is 1200. The lowest BCUT2D eigenvalue weighted by Gasteiger charge is -2.20. The molecule has 0 saturated heterocycles. The highest BCUT2D eigenvalue weighted by Gasteiger charge is 2.49. The zero-order chi connectivity index (χ0) is 23.2. The van der Waals surface area contributed by atoms with Crippen molar-refractivity contribution in [1.29, 1.82) is 0 Å². The number of halogens is 3. The predicted octanol–water partition coefficient (Wildman–Crippen LogP) is 3.48. The van der Waals surface area contributed by atoms with Crippen LogP contribution in [0.3, 0.4) is 0 Å². The summed E-state index contributed by atoms with van der Waals surface area (Å²) in [6.07, 6.45) is -2.43. The molecule has 2 amide bonds. The van der Waals surface area contributed by atoms with E-state index in [1.54, 1.807) is 51.4 Å². The van der Waals surface area contributed by atoms with E-state index in [1.807, 2.05) is 0 Å². The van der Waals surface area contributed by atoms with Crippen LogP contribution in [0.1, 0.15) is 39.3 Å². The molecular weight excluding hydrogens is 423 g/mol. The average molecular weight is 445 g/mol. The fraction of sp³-hybridized carbons (Fsp3) is 0.364. The molecule has 0 aliphatic heterocycles. The monoisotopic (exact) mass is 445 g/mol. The van der Waals surface area contributed by atoms with Gasteiger partial charge in [-0.2, -0.15) is 18.3 Å². The Labute approximate surface area is 182 Å². The van der Waals surface area contributed by atoms with E-state index in [2.05, 4.69) is 15.4 Å². The average Bonchev–Trinajstić information content (AvgIpc) is 3.48. The zero-order valence-corrected chi connectivity index (χ0v) is 17.8. The van der Waals surface area contributed by atoms with Crippen LogP contribution in [0, 0.1) is 12.8 Å². The van der Waals surface area contributed by atoms with Gasteiger partial charge in [-0.25, -0.2) is 9.50 Å². The van der Waals surface area contributed by atoms with Crippen molar-refractivity contribution < 1.29 is 22.8 Å². The summed E-state index contributed by atoms with van der Waals surface area (Å²) < 4.78 is 41.5. The van der Waals surface area contributed by atoms with Crippen LogP contribution in [0.25, 0.3) is 16.9 Å². The fourth-order valence-corrected chi connectivity index (χ4v) is 3.61. The Morgan fingerprint density at radius 3 is 2.56 bits per heavy atom. The number of alkyl halides is 3. The van der Waals surface area contributed by atoms with E-state index in [-0.39, 0.29) is 17.1 Å². The summed E-state index contributed by atoms with van der Waals surface area (Å²) in [5.41, 5.74) is 2.34. The van der Waals surface area contributed by atoms with E-state index < -0.39 is 24.0 Å². The number of fused-ring (bicyclic) bond motifs is 1. The standard InChI is InChI=1S/C22H22F3N5O2/c1-12-9-17(14-5-4-6-15(10-14)21(32)29(2)3)27-19-16(11-26-30(12)19)20(31)28-18(13-7-8-13)22(23,24)25/h4-6,9-11,13,18H,7-8H2,1-3H3,(H,28,31). The molecule has 2 aromatic heterocycles. The van der Waals surface area contributed by atoms with Gasteiger partial charge in [0, 0.05) is 30.9 Å². The molecule has 1 fully saturated rings. The summed E-state index contributed by atoms with van der Waals surface area (Å²) >= 11 is 0. The molecule has 0 radical (unpaired) electrons. The van der Waals surface area contributed by atoms with Crippen LogP contribution >= 0.6 is 0 Å². The Kier molecular flexibility index (Phi) is 5.39. The largest absolute Gasteiger partial charge is 0.408 e. The summed E-state index contributed by atoms with van der Waals surface area (Å²) in [5, 5.41) is 6.25. The molecule has 10 heteroatoms. The number of nitrogens with one attached hydrogen (secondary N) is 1. The van der Waals surface area contributed by atoms with Gasteiger partial charge in [0.05, 0.1) is 11.9 Å². The number of hydrogen-bond donors (Lipinski definition) is 1. The number of carbonyl (C=O) groups excluding carboxylic acids is 2. The van der Waals surface area contributed by atoms with Crippen LogP contribution in [-0.2, 0) is 0 Å². The third kappa shape index (κ3) is 4.17. The topological polar surface area (TPSA) is 79.6 Å². The van der Waals surface area contributed by atoms with Gasteiger partial charge in [-0.1, -0.05) is 12.1 Å². The third-order valence-electron chi connectivity index (χ3n) is 5.44. The maximum absolute atomic E-state index is 13.4. The Morgan fingerprint density at radius 1 is 1.22 bits per heavy atom. The second-order valence-corrected chi connectivity index (χ2v) is 8.19. The van der Waals surface area contributed by atoms with Crippen molar-refractivity contribution in [2.45, 2.75) is 32.0 Å². The molecule has 7 nitrogen and oxygen atoms in total. The number of hydrogen-bond acceptors (Lipinski definition) is 4. The van der Waals surface area contributed by atoms with E-state index in [0.717, 1.165) is 0 Å². The highest BCUT2D eigenvalue weighted by atomic mass is 19.4. The van der Waals surface area contributed by atoms with Gasteiger partial charge in [-0.05, 0) is 43.9 Å². The van der Waals surface area contributed by atoms with E-state index in [4.69, 9.17) is 0 Å². The molecule has 32 heavy (non-hydrogen) atoms. The summed E-state index contributed by atoms with van der Waals surface area (Å²) in [5.74, 6) is -1.63. The number of nitrogens with zero attached hydrogens (tertiary/aromatic N) is 4. The van der Waals surface area contributed by atoms with Gasteiger partial charge in [-0.15, -0.1) is 0 Å². The normalized spacial score (nSPS) is 14.9. The van der Waals surface area contributed by atoms with E-state index >= 15 is 0 Å². The minimum atomic E-state index is -4.52. The van der Waals surface area contributed by atoms with Crippen LogP contribution in [-0.4, -0.2) is 57.6 Å². The molecule has 1 N–H and O–H groups in total. The molecule has 1 unspecified atom stereocenters. The summed E-state index contributed by atoms with van der Waals surface area (Å²) in [6, 6.07) is 6.72. The number of rotatable bonds is 5. The first-order valence-electron chi connectivity index (χ1n) is 10.1. The molecule has 1 aliphatic carbocycles. The van der Waals surface area contributed by atoms with Gasteiger partial charge in [-0.3, -0.25) is 9.59 Å². The number of amides is 2. The maximum Gasteiger partial charge on any atom is 0.408 e. The van der Waals surface area contributed by atoms with Crippen molar-refractivity contribution in [2.75, 3.05) is 14.1 Å². The Hall–Kier alpha value is -3.43. The van der Waals surface area contributed by atoms with E-state index in [0.29, 0.717) is 35.4 Å². The molecule has 168 valence electrons. The summed E-state index contributed by atoms with van der Waals surface area (Å²) in [4.78, 5) is 31.0. The Balaban J connectivity index is 1.71. The highest BCUT2D eigenvalue weighted by molar-refractivity contribution is 6.00. The van der Waals surface area contributed by atoms with Crippen molar-refractivity contribution in [1.82, 2.24) is 24.8 Å². The first-order chi connectivity index (χ1) is 15.1. The summed E-state index contributed by atoms with van der Waals surface area (Å²) in [7, 11) is 3.30. The zero-order valence-electron chi connectivity index (χ0n) is 17.8. The van der Waals surface area contributed by atoms with Gasteiger partial charge in [0.15, 0.2) is 5.65 Å². The first-order valence-corrected chi connectivity index (χ1v) is 10.1. The maximum atomic E-state index is 13.4. The molecule has 1 saturated carbocycles. The highest BCUT2D eigenvalue weighted by Crippen LogP contribution is 2.40. The number of benzene rings is 1. The van der Waals surface area contributed by atoms with Gasteiger partial charge in [0.1, 0.15) is 11.6 Å². The second kappa shape index (κ2) is 7.92. The molecule has 4 rings (SSSR count). The van der Waals surface area contributed by atoms with Gasteiger partial charge >= 0.3 is 6.18 Å². The number of carbonyl (C=O) groups is 2. The minimum Gasteiger partial charge on any atom is -0.345 e. The van der Waals surface area contributed by atoms with Crippen molar-refractivity contribution >= 4 is 17.5 Å². The van der Waals surface area contributed by atoms with Crippen molar-refractivity contribution in [2.24, 2.45) is 5.92 Å². The SMILES string of the molecule is Cc1cc(-c2cccc(C(=O)N(C)C)c2)nc2c(C(=O)NC(C3CC3)C(F)(F)F)cnn12. The molecule has 0 spiro atoms. The molecule has 1 aromatic carbocycles. The smallest absolute Gasteiger partial charge is 0.345 e. The molecule has 1 atom stereocenters. The Morgan fingerprint density at radius 2 is 1.94 bits per heavy atom. The van der Waals surface area contributed by atoms with Gasteiger partial charge in [0.2, 0.25) is 0 Å². The lowest BCUT2D eigenvalue weighted by Crippen LogP contribution is -2.46. The van der Waals surface area contributed by atoms with Crippen LogP contribution in [0.2, 0.25) is 0 Å². The molecule has 1 aliphatic rings. The van der Waals surface area contributed by atoms with Crippen LogP contribution in [0.4, 0.5) is 13.2 Å².